The molecule has 2 rings (SSSR count). The lowest BCUT2D eigenvalue weighted by atomic mass is 10.3. The molecule has 0 radical (unpaired) electrons. The van der Waals surface area contributed by atoms with Gasteiger partial charge >= 0.3 is 0 Å². The monoisotopic (exact) mass is 245 g/mol. The number of hydrogen-bond donors (Lipinski definition) is 1. The molecule has 0 atom stereocenters. The van der Waals surface area contributed by atoms with Gasteiger partial charge in [-0.05, 0) is 24.6 Å². The van der Waals surface area contributed by atoms with Crippen LogP contribution in [0, 0.1) is 6.92 Å². The Bertz CT molecular complexity index is 670. The fraction of sp³-hybridized carbons (Fsp3) is 0.231. The normalized spacial score (nSPS) is 10.5. The van der Waals surface area contributed by atoms with Crippen molar-refractivity contribution in [3.05, 3.63) is 62.9 Å². The summed E-state index contributed by atoms with van der Waals surface area (Å²) in [4.78, 5) is 23.2. The minimum atomic E-state index is -0.121. The molecule has 5 heteroatoms. The van der Waals surface area contributed by atoms with E-state index in [-0.39, 0.29) is 11.1 Å². The van der Waals surface area contributed by atoms with Crippen molar-refractivity contribution in [3.8, 4) is 0 Å². The smallest absolute Gasteiger partial charge is 0.250 e. The van der Waals surface area contributed by atoms with Crippen LogP contribution in [0.4, 0.5) is 5.69 Å². The van der Waals surface area contributed by atoms with E-state index in [4.69, 9.17) is 5.73 Å². The molecule has 2 N–H and O–H groups in total. The lowest BCUT2D eigenvalue weighted by molar-refractivity contribution is 0.553. The van der Waals surface area contributed by atoms with E-state index < -0.39 is 0 Å². The van der Waals surface area contributed by atoms with Crippen LogP contribution >= 0.6 is 0 Å². The molecule has 5 nitrogen and oxygen atoms in total. The van der Waals surface area contributed by atoms with Crippen molar-refractivity contribution in [1.82, 2.24) is 9.13 Å². The molecule has 2 aromatic heterocycles. The number of nitrogens with zero attached hydrogens (tertiary/aromatic N) is 2. The highest BCUT2D eigenvalue weighted by atomic mass is 16.1. The first-order valence-corrected chi connectivity index (χ1v) is 5.69. The summed E-state index contributed by atoms with van der Waals surface area (Å²) >= 11 is 0. The van der Waals surface area contributed by atoms with Crippen LogP contribution in [0.5, 0.6) is 0 Å². The van der Waals surface area contributed by atoms with E-state index in [0.717, 1.165) is 5.56 Å². The third kappa shape index (κ3) is 2.68. The first-order valence-electron chi connectivity index (χ1n) is 5.69. The molecule has 0 unspecified atom stereocenters. The number of rotatable bonds is 3. The molecular formula is C13H15N3O2. The molecule has 0 spiro atoms. The van der Waals surface area contributed by atoms with Gasteiger partial charge in [0.1, 0.15) is 0 Å². The molecule has 0 aliphatic heterocycles. The Kier molecular flexibility index (Phi) is 3.32. The van der Waals surface area contributed by atoms with Gasteiger partial charge in [0.25, 0.3) is 11.1 Å². The third-order valence-corrected chi connectivity index (χ3v) is 2.74. The topological polar surface area (TPSA) is 70.0 Å². The lowest BCUT2D eigenvalue weighted by Crippen LogP contribution is -2.25. The van der Waals surface area contributed by atoms with Crippen LogP contribution in [0.1, 0.15) is 5.56 Å². The van der Waals surface area contributed by atoms with Gasteiger partial charge in [0.15, 0.2) is 0 Å². The van der Waals surface area contributed by atoms with Crippen LogP contribution in [0.2, 0.25) is 0 Å². The van der Waals surface area contributed by atoms with Crippen LogP contribution in [-0.2, 0) is 13.1 Å². The Morgan fingerprint density at radius 2 is 1.78 bits per heavy atom. The summed E-state index contributed by atoms with van der Waals surface area (Å²) in [5.74, 6) is 0. The summed E-state index contributed by atoms with van der Waals surface area (Å²) in [5, 5.41) is 0. The first-order chi connectivity index (χ1) is 8.56. The van der Waals surface area contributed by atoms with Gasteiger partial charge in [-0.25, -0.2) is 0 Å². The van der Waals surface area contributed by atoms with E-state index in [0.29, 0.717) is 18.8 Å². The van der Waals surface area contributed by atoms with Gasteiger partial charge in [-0.3, -0.25) is 9.59 Å². The van der Waals surface area contributed by atoms with Crippen molar-refractivity contribution in [1.29, 1.82) is 0 Å². The first kappa shape index (κ1) is 12.2. The molecule has 0 saturated carbocycles. The van der Waals surface area contributed by atoms with E-state index in [1.165, 1.54) is 10.6 Å². The van der Waals surface area contributed by atoms with Gasteiger partial charge < -0.3 is 14.9 Å². The molecule has 2 heterocycles. The zero-order valence-electron chi connectivity index (χ0n) is 10.2. The second-order valence-corrected chi connectivity index (χ2v) is 4.23. The molecule has 18 heavy (non-hydrogen) atoms. The lowest BCUT2D eigenvalue weighted by Gasteiger charge is -2.08. The molecule has 0 aliphatic rings. The summed E-state index contributed by atoms with van der Waals surface area (Å²) < 4.78 is 3.07. The van der Waals surface area contributed by atoms with Crippen molar-refractivity contribution in [2.45, 2.75) is 20.0 Å². The van der Waals surface area contributed by atoms with E-state index in [1.807, 2.05) is 13.0 Å². The van der Waals surface area contributed by atoms with Crippen molar-refractivity contribution < 1.29 is 0 Å². The molecular weight excluding hydrogens is 230 g/mol. The fourth-order valence-electron chi connectivity index (χ4n) is 1.73. The number of aromatic nitrogens is 2. The van der Waals surface area contributed by atoms with Gasteiger partial charge in [-0.15, -0.1) is 0 Å². The molecule has 0 amide bonds. The Balaban J connectivity index is 2.19. The molecule has 0 fully saturated rings. The zero-order chi connectivity index (χ0) is 13.1. The Hall–Kier alpha value is -2.30. The van der Waals surface area contributed by atoms with Gasteiger partial charge in [0.05, 0.1) is 0 Å². The highest BCUT2D eigenvalue weighted by molar-refractivity contribution is 5.33. The number of pyridine rings is 2. The highest BCUT2D eigenvalue weighted by Crippen LogP contribution is 1.97. The second-order valence-electron chi connectivity index (χ2n) is 4.23. The van der Waals surface area contributed by atoms with Gasteiger partial charge in [-0.1, -0.05) is 0 Å². The number of nitrogens with two attached hydrogens (primary N) is 1. The van der Waals surface area contributed by atoms with E-state index in [1.54, 1.807) is 29.1 Å². The van der Waals surface area contributed by atoms with Crippen LogP contribution in [0.15, 0.2) is 46.2 Å². The largest absolute Gasteiger partial charge is 0.398 e. The number of nitrogen functional groups attached to an aromatic ring is 1. The van der Waals surface area contributed by atoms with Crippen LogP contribution in [0.25, 0.3) is 0 Å². The van der Waals surface area contributed by atoms with E-state index in [9.17, 15) is 9.59 Å². The Morgan fingerprint density at radius 1 is 1.06 bits per heavy atom. The average Bonchev–Trinajstić information content (AvgIpc) is 2.32. The standard InChI is InChI=1S/C13H15N3O2/c1-10-4-5-15(13(18)8-10)6-7-16-9-11(14)2-3-12(16)17/h2-5,8-9H,6-7,14H2,1H3. The summed E-state index contributed by atoms with van der Waals surface area (Å²) in [6.45, 7) is 2.74. The van der Waals surface area contributed by atoms with Crippen LogP contribution in [0.3, 0.4) is 0 Å². The zero-order valence-corrected chi connectivity index (χ0v) is 10.2. The second kappa shape index (κ2) is 4.91. The van der Waals surface area contributed by atoms with Crippen molar-refractivity contribution in [2.75, 3.05) is 5.73 Å². The Labute approximate surface area is 104 Å². The number of anilines is 1. The quantitative estimate of drug-likeness (QED) is 0.861. The predicted molar refractivity (Wildman–Crippen MR) is 70.6 cm³/mol. The van der Waals surface area contributed by atoms with Gasteiger partial charge in [-0.2, -0.15) is 0 Å². The van der Waals surface area contributed by atoms with E-state index >= 15 is 0 Å². The molecule has 94 valence electrons. The number of aryl methyl sites for hydroxylation is 3. The van der Waals surface area contributed by atoms with Crippen molar-refractivity contribution in [2.24, 2.45) is 0 Å². The van der Waals surface area contributed by atoms with Gasteiger partial charge in [0.2, 0.25) is 0 Å². The van der Waals surface area contributed by atoms with Gasteiger partial charge in [0, 0.05) is 43.3 Å². The highest BCUT2D eigenvalue weighted by Gasteiger charge is 1.99. The summed E-state index contributed by atoms with van der Waals surface area (Å²) in [7, 11) is 0. The summed E-state index contributed by atoms with van der Waals surface area (Å²) in [6, 6.07) is 6.43. The minimum Gasteiger partial charge on any atom is -0.398 e. The maximum absolute atomic E-state index is 11.7. The average molecular weight is 245 g/mol. The number of hydrogen-bond acceptors (Lipinski definition) is 3. The van der Waals surface area contributed by atoms with Crippen molar-refractivity contribution in [3.63, 3.8) is 0 Å². The molecule has 0 bridgehead atoms. The Morgan fingerprint density at radius 3 is 2.50 bits per heavy atom. The predicted octanol–water partition coefficient (Wildman–Crippen LogP) is 0.601. The maximum Gasteiger partial charge on any atom is 0.250 e. The SMILES string of the molecule is Cc1ccn(CCn2cc(N)ccc2=O)c(=O)c1. The minimum absolute atomic E-state index is 0.0630. The van der Waals surface area contributed by atoms with Crippen LogP contribution in [-0.4, -0.2) is 9.13 Å². The summed E-state index contributed by atoms with van der Waals surface area (Å²) in [5.41, 5.74) is 6.90. The maximum atomic E-state index is 11.7. The third-order valence-electron chi connectivity index (χ3n) is 2.74. The molecule has 0 saturated heterocycles. The van der Waals surface area contributed by atoms with Crippen molar-refractivity contribution >= 4 is 5.69 Å². The molecule has 2 aromatic rings. The fourth-order valence-corrected chi connectivity index (χ4v) is 1.73. The summed E-state index contributed by atoms with van der Waals surface area (Å²) in [6.07, 6.45) is 3.32. The molecule has 0 aliphatic carbocycles. The van der Waals surface area contributed by atoms with E-state index in [2.05, 4.69) is 0 Å². The van der Waals surface area contributed by atoms with Crippen LogP contribution < -0.4 is 16.9 Å². The molecule has 0 aromatic carbocycles.